The molecule has 16 N–H and O–H groups in total. The second-order valence-electron chi connectivity index (χ2n) is 2.81. The van der Waals surface area contributed by atoms with E-state index in [0.29, 0.717) is 0 Å². The normalized spacial score (nSPS) is 31.1. The van der Waals surface area contributed by atoms with Crippen LogP contribution in [0.15, 0.2) is 0 Å². The predicted octanol–water partition coefficient (Wildman–Crippen LogP) is -4.73. The molecule has 0 amide bonds. The van der Waals surface area contributed by atoms with Gasteiger partial charge in [-0.1, -0.05) is 0 Å². The van der Waals surface area contributed by atoms with Gasteiger partial charge in [0.05, 0.1) is 0 Å². The molecule has 9 heteroatoms. The van der Waals surface area contributed by atoms with Gasteiger partial charge in [0.15, 0.2) is 0 Å². The SMILES string of the molecule is [NH2][Cu]([NH2])([NH2])([NH2])([NH2])([NH2])([NH2])[NH2]. The van der Waals surface area contributed by atoms with Crippen molar-refractivity contribution in [3.05, 3.63) is 0 Å². The summed E-state index contributed by atoms with van der Waals surface area (Å²) in [5, 5.41) is 0. The van der Waals surface area contributed by atoms with Crippen molar-refractivity contribution in [3.8, 4) is 0 Å². The fraction of sp³-hybridized carbons (Fsp3) is 0. The van der Waals surface area contributed by atoms with Gasteiger partial charge in [-0.15, -0.1) is 0 Å². The number of rotatable bonds is 0. The Kier molecular flexibility index (Phi) is 0.546. The molecule has 0 aliphatic rings. The minimum atomic E-state index is -6.59. The first-order valence-electron chi connectivity index (χ1n) is 1.39. The molecule has 0 fully saturated rings. The summed E-state index contributed by atoms with van der Waals surface area (Å²) in [4.78, 5) is 0. The van der Waals surface area contributed by atoms with Gasteiger partial charge in [-0.25, -0.2) is 0 Å². The molecule has 0 spiro atoms. The fourth-order valence-corrected chi connectivity index (χ4v) is 0. The molecule has 8 nitrogen and oxygen atoms in total. The zero-order valence-electron chi connectivity index (χ0n) is 4.92. The van der Waals surface area contributed by atoms with Crippen LogP contribution in [0.25, 0.3) is 0 Å². The van der Waals surface area contributed by atoms with Gasteiger partial charge in [0.1, 0.15) is 0 Å². The van der Waals surface area contributed by atoms with Gasteiger partial charge in [-0.05, 0) is 0 Å². The third-order valence-corrected chi connectivity index (χ3v) is 0. The van der Waals surface area contributed by atoms with Gasteiger partial charge in [0.25, 0.3) is 0 Å². The van der Waals surface area contributed by atoms with Crippen LogP contribution < -0.4 is 38.0 Å². The number of hydrogen-bond donors (Lipinski definition) is 8. The average Bonchev–Trinajstić information content (AvgIpc) is 0.503. The molecule has 0 saturated heterocycles. The van der Waals surface area contributed by atoms with Crippen molar-refractivity contribution < 1.29 is 10.4 Å². The molecule has 0 atom stereocenters. The van der Waals surface area contributed by atoms with Gasteiger partial charge in [0.2, 0.25) is 0 Å². The van der Waals surface area contributed by atoms with Crippen LogP contribution in [0.5, 0.6) is 0 Å². The Hall–Kier alpha value is 0.199. The Bertz CT molecular complexity index is 139. The topological polar surface area (TPSA) is 208 Å². The molecular formula is H16CuN8. The zero-order valence-corrected chi connectivity index (χ0v) is 5.86. The van der Waals surface area contributed by atoms with E-state index in [4.69, 9.17) is 38.0 Å². The first-order valence-corrected chi connectivity index (χ1v) is 5.74. The molecule has 0 heterocycles. The van der Waals surface area contributed by atoms with E-state index >= 15 is 0 Å². The summed E-state index contributed by atoms with van der Waals surface area (Å²) in [5.74, 6) is 0. The summed E-state index contributed by atoms with van der Waals surface area (Å²) >= 11 is 0. The Balaban J connectivity index is 5.84. The molecule has 0 aromatic carbocycles. The Morgan fingerprint density at radius 2 is 0.444 bits per heavy atom. The summed E-state index contributed by atoms with van der Waals surface area (Å²) in [5.41, 5.74) is 0. The molecule has 0 radical (unpaired) electrons. The van der Waals surface area contributed by atoms with Gasteiger partial charge < -0.3 is 0 Å². The zero-order chi connectivity index (χ0) is 8.35. The molecule has 0 aromatic rings. The van der Waals surface area contributed by atoms with E-state index < -0.39 is 10.4 Å². The average molecular weight is 192 g/mol. The molecule has 0 unspecified atom stereocenters. The van der Waals surface area contributed by atoms with E-state index in [0.717, 1.165) is 0 Å². The fourth-order valence-electron chi connectivity index (χ4n) is 0. The molecule has 0 rings (SSSR count). The standard InChI is InChI=1S/Cu.8H2N/h;8*1H2/q+8;8*-1. The van der Waals surface area contributed by atoms with Gasteiger partial charge in [0, 0.05) is 0 Å². The van der Waals surface area contributed by atoms with Crippen LogP contribution in [0.4, 0.5) is 0 Å². The molecule has 0 aliphatic heterocycles. The van der Waals surface area contributed by atoms with Crippen LogP contribution >= 0.6 is 0 Å². The summed E-state index contributed by atoms with van der Waals surface area (Å²) in [6, 6.07) is 0. The molecule has 0 saturated carbocycles. The molecule has 0 aromatic heterocycles. The molecule has 0 bridgehead atoms. The maximum atomic E-state index is 4.88. The predicted molar refractivity (Wildman–Crippen MR) is 33.5 cm³/mol. The monoisotopic (exact) mass is 191 g/mol. The third-order valence-electron chi connectivity index (χ3n) is 0. The van der Waals surface area contributed by atoms with Crippen molar-refractivity contribution in [1.82, 2.24) is 0 Å². The van der Waals surface area contributed by atoms with E-state index in [9.17, 15) is 0 Å². The Labute approximate surface area is 49.1 Å². The second-order valence-corrected chi connectivity index (χ2v) is 11.6. The van der Waals surface area contributed by atoms with E-state index in [1.807, 2.05) is 0 Å². The van der Waals surface area contributed by atoms with Crippen molar-refractivity contribution in [2.45, 2.75) is 0 Å². The molecular weight excluding hydrogens is 176 g/mol. The molecule has 0 aliphatic carbocycles. The minimum absolute atomic E-state index is 4.88. The summed E-state index contributed by atoms with van der Waals surface area (Å²) in [6.07, 6.45) is 0. The number of nitrogens with two attached hydrogens (primary N) is 8. The molecule has 9 heavy (non-hydrogen) atoms. The van der Waals surface area contributed by atoms with Crippen LogP contribution in [0.1, 0.15) is 0 Å². The van der Waals surface area contributed by atoms with E-state index in [2.05, 4.69) is 0 Å². The Morgan fingerprint density at radius 3 is 0.444 bits per heavy atom. The van der Waals surface area contributed by atoms with Crippen LogP contribution in [0.3, 0.4) is 0 Å². The van der Waals surface area contributed by atoms with Gasteiger partial charge in [-0.3, -0.25) is 0 Å². The Morgan fingerprint density at radius 1 is 0.444 bits per heavy atom. The second kappa shape index (κ2) is 0.534. The van der Waals surface area contributed by atoms with E-state index in [1.54, 1.807) is 0 Å². The summed E-state index contributed by atoms with van der Waals surface area (Å²) < 4.78 is 39.1. The van der Waals surface area contributed by atoms with Crippen molar-refractivity contribution in [2.24, 2.45) is 38.0 Å². The quantitative estimate of drug-likeness (QED) is 0.174. The first-order chi connectivity index (χ1) is 2.83. The van der Waals surface area contributed by atoms with Crippen LogP contribution in [0.2, 0.25) is 0 Å². The van der Waals surface area contributed by atoms with Crippen molar-refractivity contribution in [3.63, 3.8) is 0 Å². The van der Waals surface area contributed by atoms with Crippen LogP contribution in [-0.2, 0) is 10.4 Å². The number of hydrogen-bond acceptors (Lipinski definition) is 8. The van der Waals surface area contributed by atoms with Crippen LogP contribution in [0, 0.1) is 0 Å². The van der Waals surface area contributed by atoms with Gasteiger partial charge in [-0.2, -0.15) is 0 Å². The van der Waals surface area contributed by atoms with Crippen LogP contribution in [-0.4, -0.2) is 0 Å². The van der Waals surface area contributed by atoms with Crippen molar-refractivity contribution >= 4 is 0 Å². The summed E-state index contributed by atoms with van der Waals surface area (Å²) in [7, 11) is -6.59. The van der Waals surface area contributed by atoms with Gasteiger partial charge >= 0.3 is 48.4 Å². The molecule has 67 valence electrons. The van der Waals surface area contributed by atoms with E-state index in [-0.39, 0.29) is 0 Å². The van der Waals surface area contributed by atoms with Crippen molar-refractivity contribution in [1.29, 1.82) is 0 Å². The van der Waals surface area contributed by atoms with Crippen molar-refractivity contribution in [2.75, 3.05) is 0 Å². The van der Waals surface area contributed by atoms with E-state index in [1.165, 1.54) is 0 Å². The maximum absolute atomic E-state index is 6.59. The summed E-state index contributed by atoms with van der Waals surface area (Å²) in [6.45, 7) is 0. The third kappa shape index (κ3) is 7920. The first kappa shape index (κ1) is 9.20.